The number of rotatable bonds is 2. The molecular formula is C14H13Br. The Morgan fingerprint density at radius 3 is 2.33 bits per heavy atom. The number of aryl methyl sites for hydroxylation is 1. The van der Waals surface area contributed by atoms with Gasteiger partial charge in [-0.25, -0.2) is 0 Å². The number of hydrogen-bond donors (Lipinski definition) is 0. The molecule has 0 saturated heterocycles. The Labute approximate surface area is 99.1 Å². The van der Waals surface area contributed by atoms with Crippen LogP contribution in [0.5, 0.6) is 0 Å². The number of alkyl halides is 1. The molecule has 0 atom stereocenters. The number of halogens is 1. The fraction of sp³-hybridized carbons (Fsp3) is 0.143. The molecule has 0 spiro atoms. The summed E-state index contributed by atoms with van der Waals surface area (Å²) in [6, 6.07) is 17.1. The zero-order valence-corrected chi connectivity index (χ0v) is 10.3. The molecule has 0 amide bonds. The molecule has 0 aliphatic rings. The maximum Gasteiger partial charge on any atom is 0.0283 e. The second kappa shape index (κ2) is 4.63. The van der Waals surface area contributed by atoms with Crippen LogP contribution in [0, 0.1) is 6.92 Å². The van der Waals surface area contributed by atoms with E-state index in [0.717, 1.165) is 5.33 Å². The molecule has 15 heavy (non-hydrogen) atoms. The highest BCUT2D eigenvalue weighted by atomic mass is 79.9. The van der Waals surface area contributed by atoms with Crippen LogP contribution in [0.2, 0.25) is 0 Å². The molecule has 0 nitrogen and oxygen atoms in total. The SMILES string of the molecule is Cc1cc(CBr)ccc1-c1ccccc1. The third kappa shape index (κ3) is 2.29. The van der Waals surface area contributed by atoms with E-state index in [9.17, 15) is 0 Å². The van der Waals surface area contributed by atoms with E-state index in [4.69, 9.17) is 0 Å². The summed E-state index contributed by atoms with van der Waals surface area (Å²) < 4.78 is 0. The van der Waals surface area contributed by atoms with Gasteiger partial charge in [-0.3, -0.25) is 0 Å². The number of benzene rings is 2. The smallest absolute Gasteiger partial charge is 0.0283 e. The Kier molecular flexibility index (Phi) is 3.22. The predicted octanol–water partition coefficient (Wildman–Crippen LogP) is 4.56. The second-order valence-electron chi connectivity index (χ2n) is 3.65. The van der Waals surface area contributed by atoms with Crippen LogP contribution in [0.15, 0.2) is 48.5 Å². The van der Waals surface area contributed by atoms with Gasteiger partial charge in [-0.1, -0.05) is 64.5 Å². The lowest BCUT2D eigenvalue weighted by molar-refractivity contribution is 1.36. The maximum absolute atomic E-state index is 3.47. The van der Waals surface area contributed by atoms with Crippen molar-refractivity contribution in [2.24, 2.45) is 0 Å². The summed E-state index contributed by atoms with van der Waals surface area (Å²) in [5, 5.41) is 0.920. The summed E-state index contributed by atoms with van der Waals surface area (Å²) in [6.07, 6.45) is 0. The van der Waals surface area contributed by atoms with Crippen molar-refractivity contribution in [3.8, 4) is 11.1 Å². The first-order chi connectivity index (χ1) is 7.31. The lowest BCUT2D eigenvalue weighted by atomic mass is 9.99. The van der Waals surface area contributed by atoms with E-state index in [1.54, 1.807) is 0 Å². The Hall–Kier alpha value is -1.08. The van der Waals surface area contributed by atoms with Gasteiger partial charge in [0.25, 0.3) is 0 Å². The summed E-state index contributed by atoms with van der Waals surface area (Å²) >= 11 is 3.47. The molecular weight excluding hydrogens is 248 g/mol. The second-order valence-corrected chi connectivity index (χ2v) is 4.21. The van der Waals surface area contributed by atoms with E-state index < -0.39 is 0 Å². The predicted molar refractivity (Wildman–Crippen MR) is 69.2 cm³/mol. The summed E-state index contributed by atoms with van der Waals surface area (Å²) in [5.41, 5.74) is 5.27. The molecule has 0 aliphatic carbocycles. The van der Waals surface area contributed by atoms with Crippen LogP contribution in [-0.2, 0) is 5.33 Å². The van der Waals surface area contributed by atoms with Crippen LogP contribution in [0.25, 0.3) is 11.1 Å². The molecule has 1 heteroatoms. The average Bonchev–Trinajstić information content (AvgIpc) is 2.30. The molecule has 2 rings (SSSR count). The molecule has 2 aromatic rings. The topological polar surface area (TPSA) is 0 Å². The van der Waals surface area contributed by atoms with Crippen LogP contribution in [0.1, 0.15) is 11.1 Å². The molecule has 0 radical (unpaired) electrons. The van der Waals surface area contributed by atoms with E-state index >= 15 is 0 Å². The van der Waals surface area contributed by atoms with Gasteiger partial charge in [-0.2, -0.15) is 0 Å². The quantitative estimate of drug-likeness (QED) is 0.695. The van der Waals surface area contributed by atoms with Crippen molar-refractivity contribution in [1.82, 2.24) is 0 Å². The van der Waals surface area contributed by atoms with Crippen molar-refractivity contribution in [3.05, 3.63) is 59.7 Å². The molecule has 0 fully saturated rings. The van der Waals surface area contributed by atoms with E-state index in [0.29, 0.717) is 0 Å². The van der Waals surface area contributed by atoms with Gasteiger partial charge >= 0.3 is 0 Å². The first-order valence-corrected chi connectivity index (χ1v) is 6.14. The van der Waals surface area contributed by atoms with Gasteiger partial charge in [0.1, 0.15) is 0 Å². The van der Waals surface area contributed by atoms with Gasteiger partial charge in [0.05, 0.1) is 0 Å². The molecule has 0 aliphatic heterocycles. The zero-order valence-electron chi connectivity index (χ0n) is 8.70. The Bertz CT molecular complexity index is 446. The van der Waals surface area contributed by atoms with Gasteiger partial charge in [-0.15, -0.1) is 0 Å². The van der Waals surface area contributed by atoms with Crippen molar-refractivity contribution in [1.29, 1.82) is 0 Å². The molecule has 0 aromatic heterocycles. The highest BCUT2D eigenvalue weighted by molar-refractivity contribution is 9.08. The van der Waals surface area contributed by atoms with E-state index in [1.807, 2.05) is 6.07 Å². The van der Waals surface area contributed by atoms with Crippen LogP contribution in [0.4, 0.5) is 0 Å². The highest BCUT2D eigenvalue weighted by Gasteiger charge is 2.01. The first-order valence-electron chi connectivity index (χ1n) is 5.02. The van der Waals surface area contributed by atoms with Crippen molar-refractivity contribution in [2.45, 2.75) is 12.3 Å². The van der Waals surface area contributed by atoms with E-state index in [-0.39, 0.29) is 0 Å². The largest absolute Gasteiger partial charge is 0.0876 e. The zero-order chi connectivity index (χ0) is 10.7. The monoisotopic (exact) mass is 260 g/mol. The molecule has 0 unspecified atom stereocenters. The third-order valence-electron chi connectivity index (χ3n) is 2.53. The van der Waals surface area contributed by atoms with Crippen LogP contribution >= 0.6 is 15.9 Å². The molecule has 76 valence electrons. The Morgan fingerprint density at radius 1 is 1.00 bits per heavy atom. The lowest BCUT2D eigenvalue weighted by Gasteiger charge is -2.07. The average molecular weight is 261 g/mol. The number of hydrogen-bond acceptors (Lipinski definition) is 0. The van der Waals surface area contributed by atoms with Gasteiger partial charge in [0, 0.05) is 5.33 Å². The van der Waals surface area contributed by atoms with Crippen LogP contribution < -0.4 is 0 Å². The van der Waals surface area contributed by atoms with Gasteiger partial charge in [0.2, 0.25) is 0 Å². The summed E-state index contributed by atoms with van der Waals surface area (Å²) in [6.45, 7) is 2.16. The summed E-state index contributed by atoms with van der Waals surface area (Å²) in [7, 11) is 0. The first kappa shape index (κ1) is 10.4. The summed E-state index contributed by atoms with van der Waals surface area (Å²) in [4.78, 5) is 0. The van der Waals surface area contributed by atoms with Crippen molar-refractivity contribution in [2.75, 3.05) is 0 Å². The van der Waals surface area contributed by atoms with E-state index in [1.165, 1.54) is 22.3 Å². The molecule has 0 saturated carbocycles. The van der Waals surface area contributed by atoms with E-state index in [2.05, 4.69) is 65.3 Å². The fourth-order valence-corrected chi connectivity index (χ4v) is 2.10. The Morgan fingerprint density at radius 2 is 1.73 bits per heavy atom. The van der Waals surface area contributed by atoms with Crippen LogP contribution in [0.3, 0.4) is 0 Å². The molecule has 0 N–H and O–H groups in total. The highest BCUT2D eigenvalue weighted by Crippen LogP contribution is 2.24. The lowest BCUT2D eigenvalue weighted by Crippen LogP contribution is -1.85. The van der Waals surface area contributed by atoms with Crippen molar-refractivity contribution in [3.63, 3.8) is 0 Å². The van der Waals surface area contributed by atoms with Gasteiger partial charge in [-0.05, 0) is 29.2 Å². The van der Waals surface area contributed by atoms with Crippen LogP contribution in [-0.4, -0.2) is 0 Å². The normalized spacial score (nSPS) is 10.3. The molecule has 0 bridgehead atoms. The maximum atomic E-state index is 3.47. The minimum atomic E-state index is 0.920. The van der Waals surface area contributed by atoms with Gasteiger partial charge in [0.15, 0.2) is 0 Å². The minimum Gasteiger partial charge on any atom is -0.0876 e. The third-order valence-corrected chi connectivity index (χ3v) is 3.18. The molecule has 2 aromatic carbocycles. The molecule has 0 heterocycles. The van der Waals surface area contributed by atoms with Crippen molar-refractivity contribution < 1.29 is 0 Å². The minimum absolute atomic E-state index is 0.920. The van der Waals surface area contributed by atoms with Gasteiger partial charge < -0.3 is 0 Å². The summed E-state index contributed by atoms with van der Waals surface area (Å²) in [5.74, 6) is 0. The standard InChI is InChI=1S/C14H13Br/c1-11-9-12(10-15)7-8-14(11)13-5-3-2-4-6-13/h2-9H,10H2,1H3. The van der Waals surface area contributed by atoms with Crippen molar-refractivity contribution >= 4 is 15.9 Å². The fourth-order valence-electron chi connectivity index (χ4n) is 1.75. The Balaban J connectivity index is 2.46.